The van der Waals surface area contributed by atoms with Crippen molar-refractivity contribution in [2.75, 3.05) is 0 Å². The minimum Gasteiger partial charge on any atom is -0.462 e. The first-order valence-electron chi connectivity index (χ1n) is 13.7. The van der Waals surface area contributed by atoms with Gasteiger partial charge in [-0.3, -0.25) is 9.59 Å². The molecule has 0 unspecified atom stereocenters. The van der Waals surface area contributed by atoms with Crippen LogP contribution in [0.5, 0.6) is 0 Å². The molecule has 4 aliphatic carbocycles. The molecule has 0 spiro atoms. The molecule has 0 bridgehead atoms. The molecule has 4 aliphatic rings. The van der Waals surface area contributed by atoms with Gasteiger partial charge in [0.2, 0.25) is 0 Å². The Morgan fingerprint density at radius 2 is 1.71 bits per heavy atom. The molecule has 0 aromatic carbocycles. The molecule has 0 aromatic rings. The first kappa shape index (κ1) is 26.2. The van der Waals surface area contributed by atoms with Crippen molar-refractivity contribution in [1.29, 1.82) is 0 Å². The van der Waals surface area contributed by atoms with Gasteiger partial charge in [0.1, 0.15) is 18.0 Å². The summed E-state index contributed by atoms with van der Waals surface area (Å²) in [6, 6.07) is 0. The number of carbonyl (C=O) groups excluding carboxylic acids is 3. The highest BCUT2D eigenvalue weighted by Crippen LogP contribution is 2.66. The molecule has 0 amide bonds. The van der Waals surface area contributed by atoms with Gasteiger partial charge in [-0.05, 0) is 68.1 Å². The first-order valence-corrected chi connectivity index (χ1v) is 13.7. The van der Waals surface area contributed by atoms with Crippen LogP contribution >= 0.6 is 0 Å². The number of rotatable bonds is 7. The summed E-state index contributed by atoms with van der Waals surface area (Å²) >= 11 is 0. The molecule has 3 fully saturated rings. The zero-order chi connectivity index (χ0) is 25.5. The number of ketones is 1. The number of hydrogen-bond acceptors (Lipinski definition) is 5. The Morgan fingerprint density at radius 1 is 1.00 bits per heavy atom. The van der Waals surface area contributed by atoms with E-state index in [2.05, 4.69) is 32.9 Å². The van der Waals surface area contributed by atoms with Crippen LogP contribution in [0.25, 0.3) is 0 Å². The number of allylic oxidation sites excluding steroid dienone is 3. The molecule has 0 heterocycles. The average Bonchev–Trinajstić information content (AvgIpc) is 3.11. The highest BCUT2D eigenvalue weighted by atomic mass is 16.6. The van der Waals surface area contributed by atoms with E-state index in [0.717, 1.165) is 19.3 Å². The van der Waals surface area contributed by atoms with Gasteiger partial charge < -0.3 is 14.3 Å². The van der Waals surface area contributed by atoms with E-state index in [1.165, 1.54) is 38.7 Å². The Balaban J connectivity index is 1.60. The van der Waals surface area contributed by atoms with E-state index >= 15 is 0 Å². The summed E-state index contributed by atoms with van der Waals surface area (Å²) in [5, 5.41) is 0. The van der Waals surface area contributed by atoms with Crippen molar-refractivity contribution in [2.24, 2.45) is 34.5 Å². The second kappa shape index (κ2) is 9.86. The summed E-state index contributed by atoms with van der Waals surface area (Å²) in [7, 11) is 0. The molecule has 0 aliphatic heterocycles. The lowest BCUT2D eigenvalue weighted by Gasteiger charge is -2.57. The molecule has 0 N–H and O–H groups in total. The van der Waals surface area contributed by atoms with Gasteiger partial charge in [-0.15, -0.1) is 0 Å². The fraction of sp³-hybridized carbons (Fsp3) is 0.767. The lowest BCUT2D eigenvalue weighted by atomic mass is 9.49. The number of carbonyl (C=O) groups is 3. The van der Waals surface area contributed by atoms with Crippen LogP contribution in [0.4, 0.5) is 0 Å². The predicted octanol–water partition coefficient (Wildman–Crippen LogP) is 6.35. The summed E-state index contributed by atoms with van der Waals surface area (Å²) in [4.78, 5) is 35.2. The lowest BCUT2D eigenvalue weighted by Crippen LogP contribution is -2.54. The van der Waals surface area contributed by atoms with Gasteiger partial charge >= 0.3 is 11.9 Å². The summed E-state index contributed by atoms with van der Waals surface area (Å²) in [5.41, 5.74) is 2.84. The summed E-state index contributed by atoms with van der Waals surface area (Å²) in [6.45, 7) is 11.8. The van der Waals surface area contributed by atoms with Crippen LogP contribution in [-0.4, -0.2) is 29.9 Å². The molecular formula is C30H44O5. The SMILES string of the molecule is CC(=O)CCC[C@@H](C)[C@H]1CC[C@H]2C3=CC=C4C[C@@H](OC(C)=O)C[C@H](OC(C)=O)[C@]4(C)[C@H]3CC[C@]12C. The summed E-state index contributed by atoms with van der Waals surface area (Å²) in [5.74, 6) is 1.97. The quantitative estimate of drug-likeness (QED) is 0.394. The largest absolute Gasteiger partial charge is 0.462 e. The van der Waals surface area contributed by atoms with Crippen molar-refractivity contribution in [3.63, 3.8) is 0 Å². The number of fused-ring (bicyclic) bond motifs is 5. The molecular weight excluding hydrogens is 440 g/mol. The molecule has 194 valence electrons. The third-order valence-electron chi connectivity index (χ3n) is 10.2. The summed E-state index contributed by atoms with van der Waals surface area (Å²) in [6.07, 6.45) is 12.9. The molecule has 3 saturated carbocycles. The normalized spacial score (nSPS) is 38.7. The fourth-order valence-electron chi connectivity index (χ4n) is 8.55. The maximum absolute atomic E-state index is 12.1. The molecule has 35 heavy (non-hydrogen) atoms. The second-order valence-corrected chi connectivity index (χ2v) is 12.3. The Kier molecular flexibility index (Phi) is 7.37. The van der Waals surface area contributed by atoms with Crippen LogP contribution in [0.3, 0.4) is 0 Å². The molecule has 5 nitrogen and oxygen atoms in total. The van der Waals surface area contributed by atoms with Crippen molar-refractivity contribution in [2.45, 2.75) is 112 Å². The van der Waals surface area contributed by atoms with Crippen molar-refractivity contribution >= 4 is 17.7 Å². The van der Waals surface area contributed by atoms with Crippen molar-refractivity contribution in [1.82, 2.24) is 0 Å². The van der Waals surface area contributed by atoms with Crippen LogP contribution < -0.4 is 0 Å². The first-order chi connectivity index (χ1) is 16.5. The van der Waals surface area contributed by atoms with Crippen LogP contribution in [0, 0.1) is 34.5 Å². The maximum atomic E-state index is 12.1. The Hall–Kier alpha value is -1.91. The smallest absolute Gasteiger partial charge is 0.302 e. The third-order valence-corrected chi connectivity index (χ3v) is 10.2. The van der Waals surface area contributed by atoms with E-state index in [-0.39, 0.29) is 35.0 Å². The van der Waals surface area contributed by atoms with E-state index in [1.807, 2.05) is 0 Å². The van der Waals surface area contributed by atoms with Crippen LogP contribution in [-0.2, 0) is 23.9 Å². The molecule has 5 heteroatoms. The summed E-state index contributed by atoms with van der Waals surface area (Å²) < 4.78 is 11.6. The Labute approximate surface area is 211 Å². The maximum Gasteiger partial charge on any atom is 0.302 e. The minimum absolute atomic E-state index is 0.244. The molecule has 4 rings (SSSR count). The highest BCUT2D eigenvalue weighted by molar-refractivity contribution is 5.75. The molecule has 0 aromatic heterocycles. The van der Waals surface area contributed by atoms with E-state index in [0.29, 0.717) is 48.7 Å². The van der Waals surface area contributed by atoms with Gasteiger partial charge in [0.05, 0.1) is 0 Å². The lowest BCUT2D eigenvalue weighted by molar-refractivity contribution is -0.165. The zero-order valence-electron chi connectivity index (χ0n) is 22.5. The second-order valence-electron chi connectivity index (χ2n) is 12.3. The van der Waals surface area contributed by atoms with Gasteiger partial charge in [-0.1, -0.05) is 50.5 Å². The standard InChI is InChI=1S/C30H44O5/c1-18(8-7-9-19(2)31)25-12-13-26-24-11-10-22-16-23(34-20(3)32)17-28(35-21(4)33)30(22,6)27(24)14-15-29(25,26)5/h10-11,18,23,25-28H,7-9,12-17H2,1-6H3/t18-,23-,25-,26+,27+,28+,29-,30+/m1/s1. The molecule has 0 radical (unpaired) electrons. The van der Waals surface area contributed by atoms with Crippen LogP contribution in [0.2, 0.25) is 0 Å². The van der Waals surface area contributed by atoms with Gasteiger partial charge in [-0.2, -0.15) is 0 Å². The number of esters is 2. The van der Waals surface area contributed by atoms with E-state index in [1.54, 1.807) is 12.5 Å². The van der Waals surface area contributed by atoms with E-state index < -0.39 is 0 Å². The Morgan fingerprint density at radius 3 is 2.37 bits per heavy atom. The van der Waals surface area contributed by atoms with Crippen molar-refractivity contribution in [3.05, 3.63) is 23.3 Å². The Bertz CT molecular complexity index is 931. The highest BCUT2D eigenvalue weighted by Gasteiger charge is 2.60. The third kappa shape index (κ3) is 4.76. The van der Waals surface area contributed by atoms with E-state index in [4.69, 9.17) is 9.47 Å². The van der Waals surface area contributed by atoms with Crippen molar-refractivity contribution in [3.8, 4) is 0 Å². The van der Waals surface area contributed by atoms with Crippen LogP contribution in [0.15, 0.2) is 23.3 Å². The van der Waals surface area contributed by atoms with Crippen LogP contribution in [0.1, 0.15) is 99.3 Å². The minimum atomic E-state index is -0.287. The van der Waals surface area contributed by atoms with E-state index in [9.17, 15) is 14.4 Å². The fourth-order valence-corrected chi connectivity index (χ4v) is 8.55. The molecule has 0 saturated heterocycles. The topological polar surface area (TPSA) is 69.7 Å². The monoisotopic (exact) mass is 484 g/mol. The van der Waals surface area contributed by atoms with Gasteiger partial charge in [0.25, 0.3) is 0 Å². The number of hydrogen-bond donors (Lipinski definition) is 0. The van der Waals surface area contributed by atoms with Gasteiger partial charge in [0.15, 0.2) is 0 Å². The van der Waals surface area contributed by atoms with Gasteiger partial charge in [0, 0.05) is 38.5 Å². The van der Waals surface area contributed by atoms with Crippen molar-refractivity contribution < 1.29 is 23.9 Å². The number of Topliss-reactive ketones (excluding diaryl/α,β-unsaturated/α-hetero) is 1. The van der Waals surface area contributed by atoms with Gasteiger partial charge in [-0.25, -0.2) is 0 Å². The average molecular weight is 485 g/mol. The zero-order valence-corrected chi connectivity index (χ0v) is 22.5. The number of ether oxygens (including phenoxy) is 2. The molecule has 8 atom stereocenters. The predicted molar refractivity (Wildman–Crippen MR) is 135 cm³/mol.